The van der Waals surface area contributed by atoms with Crippen LogP contribution in [0.25, 0.3) is 0 Å². The minimum atomic E-state index is -0.529. The first-order chi connectivity index (χ1) is 7.16. The average Bonchev–Trinajstić information content (AvgIpc) is 2.25. The lowest BCUT2D eigenvalue weighted by Gasteiger charge is -2.33. The Kier molecular flexibility index (Phi) is 5.58. The van der Waals surface area contributed by atoms with Gasteiger partial charge in [0, 0.05) is 38.6 Å². The Morgan fingerprint density at radius 3 is 2.67 bits per heavy atom. The van der Waals surface area contributed by atoms with Gasteiger partial charge in [0.2, 0.25) is 0 Å². The van der Waals surface area contributed by atoms with Gasteiger partial charge in [-0.3, -0.25) is 0 Å². The summed E-state index contributed by atoms with van der Waals surface area (Å²) in [7, 11) is 0. The Morgan fingerprint density at radius 2 is 2.07 bits per heavy atom. The van der Waals surface area contributed by atoms with Crippen molar-refractivity contribution >= 4 is 0 Å². The lowest BCUT2D eigenvalue weighted by Crippen LogP contribution is -2.47. The van der Waals surface area contributed by atoms with Crippen LogP contribution in [0.3, 0.4) is 0 Å². The molecule has 1 heterocycles. The summed E-state index contributed by atoms with van der Waals surface area (Å²) in [5, 5.41) is 13.6. The molecule has 1 rings (SSSR count). The topological polar surface area (TPSA) is 41.5 Å². The van der Waals surface area contributed by atoms with Crippen LogP contribution in [-0.4, -0.2) is 36.5 Å². The number of hydrogen-bond donors (Lipinski definition) is 2. The molecular formula is C12H25NO2. The highest BCUT2D eigenvalue weighted by atomic mass is 16.5. The van der Waals surface area contributed by atoms with E-state index in [9.17, 15) is 5.11 Å². The predicted molar refractivity (Wildman–Crippen MR) is 62.0 cm³/mol. The fourth-order valence-electron chi connectivity index (χ4n) is 1.90. The zero-order chi connectivity index (χ0) is 11.1. The fourth-order valence-corrected chi connectivity index (χ4v) is 1.90. The maximum absolute atomic E-state index is 10.2. The first-order valence-corrected chi connectivity index (χ1v) is 6.20. The van der Waals surface area contributed by atoms with Gasteiger partial charge in [0.1, 0.15) is 0 Å². The van der Waals surface area contributed by atoms with Crippen molar-refractivity contribution in [1.29, 1.82) is 0 Å². The van der Waals surface area contributed by atoms with Gasteiger partial charge < -0.3 is 15.2 Å². The van der Waals surface area contributed by atoms with Crippen LogP contribution >= 0.6 is 0 Å². The molecule has 0 aromatic heterocycles. The summed E-state index contributed by atoms with van der Waals surface area (Å²) >= 11 is 0. The third-order valence-electron chi connectivity index (χ3n) is 3.19. The highest BCUT2D eigenvalue weighted by Gasteiger charge is 2.29. The SMILES string of the molecule is CCCCC(C)NCC1(O)CCOCC1. The molecule has 0 saturated carbocycles. The molecule has 1 aliphatic heterocycles. The minimum Gasteiger partial charge on any atom is -0.388 e. The number of ether oxygens (including phenoxy) is 1. The van der Waals surface area contributed by atoms with Gasteiger partial charge in [-0.15, -0.1) is 0 Å². The van der Waals surface area contributed by atoms with E-state index in [4.69, 9.17) is 4.74 Å². The molecule has 3 nitrogen and oxygen atoms in total. The number of aliphatic hydroxyl groups is 1. The summed E-state index contributed by atoms with van der Waals surface area (Å²) in [6, 6.07) is 0.511. The number of nitrogens with one attached hydrogen (secondary N) is 1. The lowest BCUT2D eigenvalue weighted by molar-refractivity contribution is -0.0626. The fraction of sp³-hybridized carbons (Fsp3) is 1.00. The Balaban J connectivity index is 2.16. The standard InChI is InChI=1S/C12H25NO2/c1-3-4-5-11(2)13-10-12(14)6-8-15-9-7-12/h11,13-14H,3-10H2,1-2H3. The van der Waals surface area contributed by atoms with Crippen LogP contribution in [0.5, 0.6) is 0 Å². The first-order valence-electron chi connectivity index (χ1n) is 6.20. The molecule has 0 spiro atoms. The predicted octanol–water partition coefficient (Wildman–Crippen LogP) is 1.70. The van der Waals surface area contributed by atoms with Crippen LogP contribution in [0.2, 0.25) is 0 Å². The second kappa shape index (κ2) is 6.46. The smallest absolute Gasteiger partial charge is 0.0815 e. The van der Waals surface area contributed by atoms with Crippen LogP contribution in [0.4, 0.5) is 0 Å². The molecule has 0 aliphatic carbocycles. The van der Waals surface area contributed by atoms with E-state index in [-0.39, 0.29) is 0 Å². The third kappa shape index (κ3) is 4.96. The molecule has 2 N–H and O–H groups in total. The van der Waals surface area contributed by atoms with Gasteiger partial charge in [-0.2, -0.15) is 0 Å². The summed E-state index contributed by atoms with van der Waals surface area (Å²) in [5.74, 6) is 0. The van der Waals surface area contributed by atoms with Crippen LogP contribution in [-0.2, 0) is 4.74 Å². The van der Waals surface area contributed by atoms with Gasteiger partial charge in [0.15, 0.2) is 0 Å². The summed E-state index contributed by atoms with van der Waals surface area (Å²) in [6.07, 6.45) is 5.23. The van der Waals surface area contributed by atoms with Gasteiger partial charge in [0.05, 0.1) is 5.60 Å². The lowest BCUT2D eigenvalue weighted by atomic mass is 9.94. The van der Waals surface area contributed by atoms with E-state index in [1.165, 1.54) is 19.3 Å². The van der Waals surface area contributed by atoms with E-state index in [1.807, 2.05) is 0 Å². The monoisotopic (exact) mass is 215 g/mol. The maximum atomic E-state index is 10.2. The summed E-state index contributed by atoms with van der Waals surface area (Å²) in [4.78, 5) is 0. The molecule has 0 amide bonds. The summed E-state index contributed by atoms with van der Waals surface area (Å²) in [5.41, 5.74) is -0.529. The van der Waals surface area contributed by atoms with Gasteiger partial charge in [-0.1, -0.05) is 19.8 Å². The summed E-state index contributed by atoms with van der Waals surface area (Å²) < 4.78 is 5.25. The van der Waals surface area contributed by atoms with Gasteiger partial charge in [-0.05, 0) is 13.3 Å². The molecule has 1 atom stereocenters. The molecule has 90 valence electrons. The van der Waals surface area contributed by atoms with Crippen LogP contribution in [0.15, 0.2) is 0 Å². The molecule has 15 heavy (non-hydrogen) atoms. The molecule has 1 saturated heterocycles. The molecular weight excluding hydrogens is 190 g/mol. The zero-order valence-electron chi connectivity index (χ0n) is 10.1. The Labute approximate surface area is 93.2 Å². The van der Waals surface area contributed by atoms with Crippen molar-refractivity contribution < 1.29 is 9.84 Å². The van der Waals surface area contributed by atoms with E-state index in [0.29, 0.717) is 25.8 Å². The Bertz CT molecular complexity index is 167. The number of rotatable bonds is 6. The van der Waals surface area contributed by atoms with Crippen molar-refractivity contribution in [3.63, 3.8) is 0 Å². The van der Waals surface area contributed by atoms with E-state index in [0.717, 1.165) is 12.8 Å². The molecule has 0 radical (unpaired) electrons. The zero-order valence-corrected chi connectivity index (χ0v) is 10.1. The van der Waals surface area contributed by atoms with Crippen LogP contribution in [0.1, 0.15) is 46.0 Å². The van der Waals surface area contributed by atoms with Crippen LogP contribution < -0.4 is 5.32 Å². The molecule has 1 unspecified atom stereocenters. The largest absolute Gasteiger partial charge is 0.388 e. The van der Waals surface area contributed by atoms with E-state index >= 15 is 0 Å². The molecule has 0 aromatic carbocycles. The van der Waals surface area contributed by atoms with E-state index < -0.39 is 5.60 Å². The van der Waals surface area contributed by atoms with Crippen molar-refractivity contribution in [3.05, 3.63) is 0 Å². The molecule has 0 bridgehead atoms. The minimum absolute atomic E-state index is 0.511. The van der Waals surface area contributed by atoms with Crippen molar-refractivity contribution in [3.8, 4) is 0 Å². The quantitative estimate of drug-likeness (QED) is 0.708. The Morgan fingerprint density at radius 1 is 1.40 bits per heavy atom. The Hall–Kier alpha value is -0.120. The van der Waals surface area contributed by atoms with Crippen molar-refractivity contribution in [2.24, 2.45) is 0 Å². The highest BCUT2D eigenvalue weighted by molar-refractivity contribution is 4.84. The average molecular weight is 215 g/mol. The molecule has 3 heteroatoms. The van der Waals surface area contributed by atoms with Crippen LogP contribution in [0, 0.1) is 0 Å². The normalized spacial score (nSPS) is 22.6. The number of unbranched alkanes of at least 4 members (excludes halogenated alkanes) is 1. The highest BCUT2D eigenvalue weighted by Crippen LogP contribution is 2.19. The second-order valence-corrected chi connectivity index (χ2v) is 4.76. The van der Waals surface area contributed by atoms with Crippen molar-refractivity contribution in [2.75, 3.05) is 19.8 Å². The van der Waals surface area contributed by atoms with Gasteiger partial charge in [-0.25, -0.2) is 0 Å². The maximum Gasteiger partial charge on any atom is 0.0815 e. The molecule has 1 aliphatic rings. The van der Waals surface area contributed by atoms with Crippen molar-refractivity contribution in [1.82, 2.24) is 5.32 Å². The first kappa shape index (κ1) is 12.9. The van der Waals surface area contributed by atoms with Gasteiger partial charge >= 0.3 is 0 Å². The third-order valence-corrected chi connectivity index (χ3v) is 3.19. The number of hydrogen-bond acceptors (Lipinski definition) is 3. The van der Waals surface area contributed by atoms with E-state index in [1.54, 1.807) is 0 Å². The second-order valence-electron chi connectivity index (χ2n) is 4.76. The summed E-state index contributed by atoms with van der Waals surface area (Å²) in [6.45, 7) is 6.50. The molecule has 1 fully saturated rings. The molecule has 0 aromatic rings. The van der Waals surface area contributed by atoms with E-state index in [2.05, 4.69) is 19.2 Å². The van der Waals surface area contributed by atoms with Crippen molar-refractivity contribution in [2.45, 2.75) is 57.6 Å². The van der Waals surface area contributed by atoms with Gasteiger partial charge in [0.25, 0.3) is 0 Å².